The summed E-state index contributed by atoms with van der Waals surface area (Å²) >= 11 is 1.40. The number of benzene rings is 2. The van der Waals surface area contributed by atoms with Crippen LogP contribution in [0.25, 0.3) is 0 Å². The molecule has 0 spiro atoms. The molecule has 0 saturated heterocycles. The highest BCUT2D eigenvalue weighted by molar-refractivity contribution is 7.99. The molecule has 9 heteroatoms. The molecule has 0 bridgehead atoms. The molecule has 0 aliphatic rings. The summed E-state index contributed by atoms with van der Waals surface area (Å²) in [4.78, 5) is 25.1. The molecule has 2 aromatic carbocycles. The number of anilines is 3. The number of carbonyl (C=O) groups excluding carboxylic acids is 1. The largest absolute Gasteiger partial charge is 0.368 e. The molecule has 1 amide bonds. The fraction of sp³-hybridized carbons (Fsp3) is 0.273. The van der Waals surface area contributed by atoms with Gasteiger partial charge in [0.05, 0.1) is 11.0 Å². The molecule has 7 nitrogen and oxygen atoms in total. The predicted molar refractivity (Wildman–Crippen MR) is 122 cm³/mol. The number of rotatable bonds is 9. The summed E-state index contributed by atoms with van der Waals surface area (Å²) in [5.41, 5.74) is 8.75. The number of thioether (sulfide) groups is 1. The minimum Gasteiger partial charge on any atom is -0.368 e. The van der Waals surface area contributed by atoms with Crippen molar-refractivity contribution in [3.63, 3.8) is 0 Å². The van der Waals surface area contributed by atoms with Gasteiger partial charge in [0.25, 0.3) is 0 Å². The van der Waals surface area contributed by atoms with Gasteiger partial charge in [-0.05, 0) is 42.7 Å². The van der Waals surface area contributed by atoms with Crippen molar-refractivity contribution in [2.75, 3.05) is 11.1 Å². The summed E-state index contributed by atoms with van der Waals surface area (Å²) in [5, 5.41) is 5.73. The van der Waals surface area contributed by atoms with Crippen LogP contribution in [0.15, 0.2) is 48.5 Å². The van der Waals surface area contributed by atoms with Crippen LogP contribution in [0.4, 0.5) is 22.0 Å². The van der Waals surface area contributed by atoms with Crippen LogP contribution in [-0.2, 0) is 23.5 Å². The SMILES string of the molecule is CCc1ccccc1Nc1nc(N)nc(CSC(C)C(=O)NCc2ccc(F)cc2)n1. The number of carbonyl (C=O) groups is 1. The van der Waals surface area contributed by atoms with E-state index in [9.17, 15) is 9.18 Å². The van der Waals surface area contributed by atoms with E-state index >= 15 is 0 Å². The van der Waals surface area contributed by atoms with Crippen molar-refractivity contribution < 1.29 is 9.18 Å². The van der Waals surface area contributed by atoms with E-state index in [4.69, 9.17) is 5.73 Å². The van der Waals surface area contributed by atoms with Gasteiger partial charge in [0.15, 0.2) is 0 Å². The average molecular weight is 441 g/mol. The Morgan fingerprint density at radius 1 is 1.13 bits per heavy atom. The number of halogens is 1. The zero-order chi connectivity index (χ0) is 22.2. The second kappa shape index (κ2) is 10.7. The Kier molecular flexibility index (Phi) is 7.77. The molecular weight excluding hydrogens is 415 g/mol. The maximum atomic E-state index is 13.0. The first-order valence-electron chi connectivity index (χ1n) is 9.93. The number of hydrogen-bond donors (Lipinski definition) is 3. The van der Waals surface area contributed by atoms with E-state index in [1.165, 1.54) is 23.9 Å². The van der Waals surface area contributed by atoms with Crippen LogP contribution in [-0.4, -0.2) is 26.1 Å². The van der Waals surface area contributed by atoms with E-state index in [2.05, 4.69) is 32.5 Å². The zero-order valence-corrected chi connectivity index (χ0v) is 18.2. The Labute approximate surface area is 185 Å². The van der Waals surface area contributed by atoms with E-state index < -0.39 is 0 Å². The van der Waals surface area contributed by atoms with Gasteiger partial charge in [0.1, 0.15) is 11.6 Å². The number of aromatic nitrogens is 3. The van der Waals surface area contributed by atoms with Crippen LogP contribution in [0.3, 0.4) is 0 Å². The minimum absolute atomic E-state index is 0.119. The lowest BCUT2D eigenvalue weighted by atomic mass is 10.1. The number of nitrogens with zero attached hydrogens (tertiary/aromatic N) is 3. The van der Waals surface area contributed by atoms with Gasteiger partial charge >= 0.3 is 0 Å². The lowest BCUT2D eigenvalue weighted by Crippen LogP contribution is -2.30. The van der Waals surface area contributed by atoms with Gasteiger partial charge in [-0.25, -0.2) is 4.39 Å². The Balaban J connectivity index is 1.56. The third-order valence-corrected chi connectivity index (χ3v) is 5.69. The van der Waals surface area contributed by atoms with Crippen LogP contribution < -0.4 is 16.4 Å². The van der Waals surface area contributed by atoms with Crippen molar-refractivity contribution in [1.29, 1.82) is 0 Å². The number of para-hydroxylation sites is 1. The fourth-order valence-electron chi connectivity index (χ4n) is 2.84. The molecule has 1 aromatic heterocycles. The summed E-state index contributed by atoms with van der Waals surface area (Å²) in [6.07, 6.45) is 0.872. The van der Waals surface area contributed by atoms with Crippen LogP contribution in [0.5, 0.6) is 0 Å². The zero-order valence-electron chi connectivity index (χ0n) is 17.4. The molecule has 0 aliphatic heterocycles. The molecule has 0 aliphatic carbocycles. The Morgan fingerprint density at radius 3 is 2.61 bits per heavy atom. The molecule has 3 rings (SSSR count). The molecule has 3 aromatic rings. The third kappa shape index (κ3) is 6.65. The van der Waals surface area contributed by atoms with Gasteiger partial charge in [-0.15, -0.1) is 11.8 Å². The molecular formula is C22H25FN6OS. The van der Waals surface area contributed by atoms with Crippen LogP contribution in [0.1, 0.15) is 30.8 Å². The predicted octanol–water partition coefficient (Wildman–Crippen LogP) is 3.84. The second-order valence-corrected chi connectivity index (χ2v) is 8.20. The van der Waals surface area contributed by atoms with Gasteiger partial charge in [0.2, 0.25) is 17.8 Å². The van der Waals surface area contributed by atoms with Gasteiger partial charge in [-0.3, -0.25) is 4.79 Å². The number of nitrogens with two attached hydrogens (primary N) is 1. The monoisotopic (exact) mass is 440 g/mol. The summed E-state index contributed by atoms with van der Waals surface area (Å²) in [7, 11) is 0. The summed E-state index contributed by atoms with van der Waals surface area (Å²) < 4.78 is 13.0. The average Bonchev–Trinajstić information content (AvgIpc) is 2.77. The first-order valence-corrected chi connectivity index (χ1v) is 11.0. The van der Waals surface area contributed by atoms with E-state index in [-0.39, 0.29) is 22.9 Å². The van der Waals surface area contributed by atoms with Crippen LogP contribution in [0, 0.1) is 5.82 Å². The van der Waals surface area contributed by atoms with Crippen molar-refractivity contribution in [2.45, 2.75) is 37.8 Å². The quantitative estimate of drug-likeness (QED) is 0.464. The smallest absolute Gasteiger partial charge is 0.233 e. The van der Waals surface area contributed by atoms with Gasteiger partial charge in [-0.2, -0.15) is 15.0 Å². The summed E-state index contributed by atoms with van der Waals surface area (Å²) in [6.45, 7) is 4.23. The summed E-state index contributed by atoms with van der Waals surface area (Å²) in [6, 6.07) is 13.9. The van der Waals surface area contributed by atoms with Crippen molar-refractivity contribution in [1.82, 2.24) is 20.3 Å². The molecule has 1 atom stereocenters. The highest BCUT2D eigenvalue weighted by Crippen LogP contribution is 2.21. The lowest BCUT2D eigenvalue weighted by molar-refractivity contribution is -0.120. The van der Waals surface area contributed by atoms with E-state index in [1.54, 1.807) is 12.1 Å². The van der Waals surface area contributed by atoms with Gasteiger partial charge in [0, 0.05) is 12.2 Å². The minimum atomic E-state index is -0.323. The van der Waals surface area contributed by atoms with Crippen LogP contribution >= 0.6 is 11.8 Å². The van der Waals surface area contributed by atoms with E-state index in [0.29, 0.717) is 24.1 Å². The molecule has 1 heterocycles. The number of aryl methyl sites for hydroxylation is 1. The van der Waals surface area contributed by atoms with E-state index in [1.807, 2.05) is 31.2 Å². The maximum absolute atomic E-state index is 13.0. The molecule has 0 saturated carbocycles. The first kappa shape index (κ1) is 22.5. The Morgan fingerprint density at radius 2 is 1.87 bits per heavy atom. The van der Waals surface area contributed by atoms with Crippen molar-refractivity contribution in [3.8, 4) is 0 Å². The highest BCUT2D eigenvalue weighted by Gasteiger charge is 2.15. The van der Waals surface area contributed by atoms with Gasteiger partial charge < -0.3 is 16.4 Å². The second-order valence-electron chi connectivity index (χ2n) is 6.87. The Hall–Kier alpha value is -3.20. The molecule has 162 valence electrons. The standard InChI is InChI=1S/C22H25FN6OS/c1-3-16-6-4-5-7-18(16)26-22-28-19(27-21(24)29-22)13-31-14(2)20(30)25-12-15-8-10-17(23)11-9-15/h4-11,14H,3,12-13H2,1-2H3,(H,25,30)(H3,24,26,27,28,29). The van der Waals surface area contributed by atoms with Gasteiger partial charge in [-0.1, -0.05) is 37.3 Å². The van der Waals surface area contributed by atoms with Crippen molar-refractivity contribution >= 4 is 35.3 Å². The third-order valence-electron chi connectivity index (χ3n) is 4.56. The molecule has 4 N–H and O–H groups in total. The van der Waals surface area contributed by atoms with Crippen molar-refractivity contribution in [2.24, 2.45) is 0 Å². The molecule has 31 heavy (non-hydrogen) atoms. The number of hydrogen-bond acceptors (Lipinski definition) is 7. The fourth-order valence-corrected chi connectivity index (χ4v) is 3.60. The number of nitrogen functional groups attached to an aromatic ring is 1. The molecule has 1 unspecified atom stereocenters. The summed E-state index contributed by atoms with van der Waals surface area (Å²) in [5.74, 6) is 0.969. The van der Waals surface area contributed by atoms with Crippen molar-refractivity contribution in [3.05, 3.63) is 71.3 Å². The first-order chi connectivity index (χ1) is 14.9. The number of amides is 1. The number of nitrogens with one attached hydrogen (secondary N) is 2. The lowest BCUT2D eigenvalue weighted by Gasteiger charge is -2.13. The Bertz CT molecular complexity index is 1030. The molecule has 0 radical (unpaired) electrons. The maximum Gasteiger partial charge on any atom is 0.233 e. The van der Waals surface area contributed by atoms with E-state index in [0.717, 1.165) is 23.2 Å². The highest BCUT2D eigenvalue weighted by atomic mass is 32.2. The van der Waals surface area contributed by atoms with Crippen LogP contribution in [0.2, 0.25) is 0 Å². The normalized spacial score (nSPS) is 11.7. The topological polar surface area (TPSA) is 106 Å². The molecule has 0 fully saturated rings.